The van der Waals surface area contributed by atoms with E-state index >= 15 is 0 Å². The molecule has 1 aromatic heterocycles. The monoisotopic (exact) mass is 399 g/mol. The summed E-state index contributed by atoms with van der Waals surface area (Å²) in [5.74, 6) is -0.152. The molecule has 0 aliphatic carbocycles. The van der Waals surface area contributed by atoms with Gasteiger partial charge in [-0.25, -0.2) is 4.39 Å². The van der Waals surface area contributed by atoms with Crippen molar-refractivity contribution < 1.29 is 18.4 Å². The Morgan fingerprint density at radius 2 is 1.83 bits per heavy atom. The Morgan fingerprint density at radius 3 is 2.48 bits per heavy atom. The van der Waals surface area contributed by atoms with E-state index in [9.17, 15) is 14.0 Å². The average molecular weight is 399 g/mol. The van der Waals surface area contributed by atoms with Crippen LogP contribution in [0.4, 0.5) is 4.39 Å². The largest absolute Gasteiger partial charge is 0.459 e. The smallest absolute Gasteiger partial charge is 0.287 e. The first-order chi connectivity index (χ1) is 14.1. The lowest BCUT2D eigenvalue weighted by molar-refractivity contribution is -0.125. The number of benzene rings is 1. The topological polar surface area (TPSA) is 74.6 Å². The third-order valence-electron chi connectivity index (χ3n) is 5.94. The maximum atomic E-state index is 13.0. The zero-order valence-corrected chi connectivity index (χ0v) is 16.3. The van der Waals surface area contributed by atoms with Gasteiger partial charge in [0.2, 0.25) is 5.91 Å². The van der Waals surface area contributed by atoms with E-state index in [0.29, 0.717) is 30.9 Å². The normalized spacial score (nSPS) is 24.1. The van der Waals surface area contributed by atoms with Crippen molar-refractivity contribution in [2.24, 2.45) is 0 Å². The highest BCUT2D eigenvalue weighted by Gasteiger charge is 2.39. The summed E-state index contributed by atoms with van der Waals surface area (Å²) in [6.45, 7) is 0.749. The first kappa shape index (κ1) is 19.6. The number of halogens is 1. The highest BCUT2D eigenvalue weighted by molar-refractivity contribution is 5.91. The SMILES string of the molecule is O=C(CN1[C@@H]2CCC[C@@H]1CC(NC(=O)c1ccco1)C2)NCc1ccc(F)cc1. The van der Waals surface area contributed by atoms with E-state index in [1.807, 2.05) is 0 Å². The maximum Gasteiger partial charge on any atom is 0.287 e. The Morgan fingerprint density at radius 1 is 1.10 bits per heavy atom. The molecule has 0 spiro atoms. The molecule has 2 aliphatic heterocycles. The summed E-state index contributed by atoms with van der Waals surface area (Å²) in [5.41, 5.74) is 0.874. The fourth-order valence-corrected chi connectivity index (χ4v) is 4.54. The zero-order valence-electron chi connectivity index (χ0n) is 16.3. The molecule has 4 rings (SSSR count). The Labute approximate surface area is 169 Å². The van der Waals surface area contributed by atoms with Crippen molar-refractivity contribution in [3.05, 3.63) is 59.8 Å². The molecule has 2 bridgehead atoms. The van der Waals surface area contributed by atoms with Crippen LogP contribution < -0.4 is 10.6 Å². The van der Waals surface area contributed by atoms with Gasteiger partial charge in [-0.15, -0.1) is 0 Å². The van der Waals surface area contributed by atoms with Crippen LogP contribution in [-0.4, -0.2) is 41.4 Å². The number of nitrogens with zero attached hydrogens (tertiary/aromatic N) is 1. The fourth-order valence-electron chi connectivity index (χ4n) is 4.54. The molecule has 2 N–H and O–H groups in total. The van der Waals surface area contributed by atoms with Crippen molar-refractivity contribution in [3.63, 3.8) is 0 Å². The first-order valence-corrected chi connectivity index (χ1v) is 10.2. The number of piperidine rings is 2. The lowest BCUT2D eigenvalue weighted by Gasteiger charge is -2.48. The summed E-state index contributed by atoms with van der Waals surface area (Å²) in [6, 6.07) is 10.2. The van der Waals surface area contributed by atoms with Gasteiger partial charge >= 0.3 is 0 Å². The van der Waals surface area contributed by atoms with Crippen molar-refractivity contribution >= 4 is 11.8 Å². The summed E-state index contributed by atoms with van der Waals surface area (Å²) >= 11 is 0. The van der Waals surface area contributed by atoms with E-state index in [1.165, 1.54) is 18.4 Å². The second-order valence-corrected chi connectivity index (χ2v) is 7.93. The van der Waals surface area contributed by atoms with Crippen LogP contribution >= 0.6 is 0 Å². The molecule has 2 saturated heterocycles. The van der Waals surface area contributed by atoms with Gasteiger partial charge in [-0.1, -0.05) is 18.6 Å². The van der Waals surface area contributed by atoms with Crippen LogP contribution in [0, 0.1) is 5.82 Å². The molecule has 0 unspecified atom stereocenters. The lowest BCUT2D eigenvalue weighted by atomic mass is 9.81. The average Bonchev–Trinajstić information content (AvgIpc) is 3.23. The third kappa shape index (κ3) is 4.85. The van der Waals surface area contributed by atoms with Gasteiger partial charge in [0.15, 0.2) is 5.76 Å². The Hall–Kier alpha value is -2.67. The van der Waals surface area contributed by atoms with E-state index in [4.69, 9.17) is 4.42 Å². The quantitative estimate of drug-likeness (QED) is 0.783. The maximum absolute atomic E-state index is 13.0. The van der Waals surface area contributed by atoms with Gasteiger partial charge in [0, 0.05) is 24.7 Å². The molecule has 2 aliphatic rings. The minimum atomic E-state index is -0.282. The van der Waals surface area contributed by atoms with Gasteiger partial charge in [0.1, 0.15) is 5.82 Å². The second kappa shape index (κ2) is 8.78. The second-order valence-electron chi connectivity index (χ2n) is 7.93. The first-order valence-electron chi connectivity index (χ1n) is 10.2. The van der Waals surface area contributed by atoms with Crippen molar-refractivity contribution in [3.8, 4) is 0 Å². The minimum absolute atomic E-state index is 0.0238. The number of hydrogen-bond acceptors (Lipinski definition) is 4. The van der Waals surface area contributed by atoms with Gasteiger partial charge < -0.3 is 15.1 Å². The number of furan rings is 1. The minimum Gasteiger partial charge on any atom is -0.459 e. The van der Waals surface area contributed by atoms with E-state index in [1.54, 1.807) is 24.3 Å². The van der Waals surface area contributed by atoms with Crippen LogP contribution in [0.15, 0.2) is 47.1 Å². The molecule has 154 valence electrons. The predicted molar refractivity (Wildman–Crippen MR) is 106 cm³/mol. The van der Waals surface area contributed by atoms with Crippen LogP contribution in [0.25, 0.3) is 0 Å². The van der Waals surface area contributed by atoms with E-state index in [2.05, 4.69) is 15.5 Å². The third-order valence-corrected chi connectivity index (χ3v) is 5.94. The Kier molecular flexibility index (Phi) is 5.94. The molecule has 0 radical (unpaired) electrons. The Bertz CT molecular complexity index is 823. The molecular formula is C22H26FN3O3. The van der Waals surface area contributed by atoms with Crippen LogP contribution in [0.5, 0.6) is 0 Å². The molecular weight excluding hydrogens is 373 g/mol. The number of amides is 2. The Balaban J connectivity index is 1.30. The van der Waals surface area contributed by atoms with Gasteiger partial charge in [-0.05, 0) is 55.5 Å². The van der Waals surface area contributed by atoms with Gasteiger partial charge in [0.05, 0.1) is 12.8 Å². The predicted octanol–water partition coefficient (Wildman–Crippen LogP) is 2.85. The number of rotatable bonds is 6. The number of carbonyl (C=O) groups is 2. The molecule has 2 fully saturated rings. The molecule has 3 heterocycles. The standard InChI is InChI=1S/C22H26FN3O3/c23-16-8-6-15(7-9-16)13-24-21(27)14-26-18-3-1-4-19(26)12-17(11-18)25-22(28)20-5-2-10-29-20/h2,5-10,17-19H,1,3-4,11-14H2,(H,24,27)(H,25,28)/t18-,19-/m1/s1. The number of hydrogen-bond donors (Lipinski definition) is 2. The zero-order chi connectivity index (χ0) is 20.2. The lowest BCUT2D eigenvalue weighted by Crippen LogP contribution is -2.58. The van der Waals surface area contributed by atoms with Crippen molar-refractivity contribution in [1.82, 2.24) is 15.5 Å². The van der Waals surface area contributed by atoms with Gasteiger partial charge in [0.25, 0.3) is 5.91 Å². The van der Waals surface area contributed by atoms with Crippen LogP contribution in [0.2, 0.25) is 0 Å². The number of carbonyl (C=O) groups excluding carboxylic acids is 2. The van der Waals surface area contributed by atoms with Crippen LogP contribution in [0.3, 0.4) is 0 Å². The molecule has 2 amide bonds. The molecule has 2 atom stereocenters. The van der Waals surface area contributed by atoms with Crippen LogP contribution in [-0.2, 0) is 11.3 Å². The summed E-state index contributed by atoms with van der Waals surface area (Å²) < 4.78 is 18.2. The summed E-state index contributed by atoms with van der Waals surface area (Å²) in [7, 11) is 0. The molecule has 2 aromatic rings. The van der Waals surface area contributed by atoms with Crippen molar-refractivity contribution in [2.45, 2.75) is 56.8 Å². The van der Waals surface area contributed by atoms with E-state index in [-0.39, 0.29) is 23.7 Å². The van der Waals surface area contributed by atoms with Gasteiger partial charge in [-0.3, -0.25) is 14.5 Å². The van der Waals surface area contributed by atoms with E-state index in [0.717, 1.165) is 37.7 Å². The molecule has 1 aromatic carbocycles. The summed E-state index contributed by atoms with van der Waals surface area (Å²) in [6.07, 6.45) is 6.41. The van der Waals surface area contributed by atoms with Crippen LogP contribution in [0.1, 0.15) is 48.2 Å². The molecule has 29 heavy (non-hydrogen) atoms. The van der Waals surface area contributed by atoms with Gasteiger partial charge in [-0.2, -0.15) is 0 Å². The summed E-state index contributed by atoms with van der Waals surface area (Å²) in [4.78, 5) is 27.1. The summed E-state index contributed by atoms with van der Waals surface area (Å²) in [5, 5.41) is 6.02. The molecule has 0 saturated carbocycles. The van der Waals surface area contributed by atoms with Crippen molar-refractivity contribution in [2.75, 3.05) is 6.54 Å². The van der Waals surface area contributed by atoms with E-state index < -0.39 is 0 Å². The fraction of sp³-hybridized carbons (Fsp3) is 0.455. The van der Waals surface area contributed by atoms with Crippen molar-refractivity contribution in [1.29, 1.82) is 0 Å². The number of fused-ring (bicyclic) bond motifs is 2. The molecule has 7 heteroatoms. The highest BCUT2D eigenvalue weighted by Crippen LogP contribution is 2.34. The number of nitrogens with one attached hydrogen (secondary N) is 2. The highest BCUT2D eigenvalue weighted by atomic mass is 19.1. The molecule has 6 nitrogen and oxygen atoms in total.